The highest BCUT2D eigenvalue weighted by atomic mass is 16.5. The molecule has 0 aliphatic carbocycles. The van der Waals surface area contributed by atoms with Crippen LogP contribution in [0.1, 0.15) is 11.1 Å². The molecule has 129 valence electrons. The van der Waals surface area contributed by atoms with Crippen molar-refractivity contribution in [2.75, 3.05) is 13.2 Å². The van der Waals surface area contributed by atoms with Crippen molar-refractivity contribution in [2.45, 2.75) is 0 Å². The Morgan fingerprint density at radius 2 is 1.85 bits per heavy atom. The summed E-state index contributed by atoms with van der Waals surface area (Å²) in [4.78, 5) is 8.26. The van der Waals surface area contributed by atoms with Crippen molar-refractivity contribution in [1.82, 2.24) is 4.98 Å². The molecule has 1 radical (unpaired) electrons. The van der Waals surface area contributed by atoms with Crippen LogP contribution in [0.2, 0.25) is 0 Å². The third-order valence-electron chi connectivity index (χ3n) is 3.73. The molecule has 1 aliphatic heterocycles. The van der Waals surface area contributed by atoms with Gasteiger partial charge in [0.15, 0.2) is 0 Å². The zero-order valence-electron chi connectivity index (χ0n) is 14.1. The molecule has 0 spiro atoms. The van der Waals surface area contributed by atoms with E-state index in [1.54, 1.807) is 24.3 Å². The molecular weight excluding hydrogens is 327 g/mol. The minimum Gasteiger partial charge on any atom is -0.506 e. The highest BCUT2D eigenvalue weighted by Gasteiger charge is 2.08. The van der Waals surface area contributed by atoms with Crippen LogP contribution in [0.25, 0.3) is 17.0 Å². The lowest BCUT2D eigenvalue weighted by Gasteiger charge is -2.01. The number of aromatic nitrogens is 1. The van der Waals surface area contributed by atoms with E-state index in [-0.39, 0.29) is 5.75 Å². The monoisotopic (exact) mass is 345 g/mol. The largest absolute Gasteiger partial charge is 0.506 e. The fourth-order valence-electron chi connectivity index (χ4n) is 2.49. The van der Waals surface area contributed by atoms with Crippen molar-refractivity contribution in [2.24, 2.45) is 4.99 Å². The first-order valence-electron chi connectivity index (χ1n) is 8.22. The predicted octanol–water partition coefficient (Wildman–Crippen LogP) is 2.99. The quantitative estimate of drug-likeness (QED) is 0.716. The van der Waals surface area contributed by atoms with Crippen LogP contribution in [-0.4, -0.2) is 41.6 Å². The maximum atomic E-state index is 9.31. The second kappa shape index (κ2) is 8.83. The number of hydrogen-bond acceptors (Lipinski definition) is 5. The van der Waals surface area contributed by atoms with E-state index in [4.69, 9.17) is 9.76 Å². The van der Waals surface area contributed by atoms with Gasteiger partial charge in [-0.3, -0.25) is 4.98 Å². The topological polar surface area (TPSA) is 74.9 Å². The molecule has 0 amide bonds. The zero-order valence-corrected chi connectivity index (χ0v) is 14.1. The summed E-state index contributed by atoms with van der Waals surface area (Å²) in [5.74, 6) is 2.54. The second-order valence-electron chi connectivity index (χ2n) is 5.52. The smallest absolute Gasteiger partial charge is 0.318 e. The Labute approximate surface area is 152 Å². The number of pyridine rings is 1. The molecule has 0 saturated heterocycles. The zero-order chi connectivity index (χ0) is 18.2. The molecular formula is C20H18BN2O3. The van der Waals surface area contributed by atoms with Crippen molar-refractivity contribution in [3.63, 3.8) is 0 Å². The van der Waals surface area contributed by atoms with Crippen LogP contribution in [0.5, 0.6) is 5.75 Å². The van der Waals surface area contributed by atoms with Crippen LogP contribution in [0.3, 0.4) is 0 Å². The number of aromatic hydroxyl groups is 1. The molecule has 26 heavy (non-hydrogen) atoms. The van der Waals surface area contributed by atoms with Crippen LogP contribution in [0, 0.1) is 0 Å². The van der Waals surface area contributed by atoms with Gasteiger partial charge in [-0.1, -0.05) is 42.4 Å². The Bertz CT molecular complexity index is 918. The van der Waals surface area contributed by atoms with Gasteiger partial charge in [-0.05, 0) is 29.8 Å². The average molecular weight is 345 g/mol. The molecule has 3 aromatic rings. The summed E-state index contributed by atoms with van der Waals surface area (Å²) in [6.07, 6.45) is 3.49. The van der Waals surface area contributed by atoms with Gasteiger partial charge in [0, 0.05) is 17.1 Å². The third-order valence-corrected chi connectivity index (χ3v) is 3.73. The van der Waals surface area contributed by atoms with Crippen molar-refractivity contribution in [1.29, 1.82) is 0 Å². The van der Waals surface area contributed by atoms with Crippen molar-refractivity contribution in [3.05, 3.63) is 77.9 Å². The number of hydrogen-bond donors (Lipinski definition) is 2. The number of phenolic OH excluding ortho intramolecular Hbond substituents is 1. The SMILES string of the molecule is O[B]C=Cc1ccc(C2=NCCO2)cc1.Oc1cccc2cccnc12. The lowest BCUT2D eigenvalue weighted by Crippen LogP contribution is -2.00. The summed E-state index contributed by atoms with van der Waals surface area (Å²) >= 11 is 0. The number of rotatable bonds is 3. The number of fused-ring (bicyclic) bond motifs is 1. The molecule has 6 heteroatoms. The van der Waals surface area contributed by atoms with Crippen LogP contribution < -0.4 is 0 Å². The summed E-state index contributed by atoms with van der Waals surface area (Å²) < 4.78 is 5.35. The normalized spacial score (nSPS) is 13.0. The van der Waals surface area contributed by atoms with E-state index in [9.17, 15) is 5.11 Å². The van der Waals surface area contributed by atoms with Gasteiger partial charge in [0.1, 0.15) is 17.9 Å². The first kappa shape index (κ1) is 17.7. The lowest BCUT2D eigenvalue weighted by atomic mass is 10.00. The van der Waals surface area contributed by atoms with E-state index in [1.165, 1.54) is 0 Å². The van der Waals surface area contributed by atoms with Crippen LogP contribution >= 0.6 is 0 Å². The third kappa shape index (κ3) is 4.49. The highest BCUT2D eigenvalue weighted by Crippen LogP contribution is 2.20. The van der Waals surface area contributed by atoms with Gasteiger partial charge in [0.2, 0.25) is 5.90 Å². The summed E-state index contributed by atoms with van der Waals surface area (Å²) in [6, 6.07) is 17.0. The maximum Gasteiger partial charge on any atom is 0.318 e. The Morgan fingerprint density at radius 3 is 2.54 bits per heavy atom. The summed E-state index contributed by atoms with van der Waals surface area (Å²) in [6.45, 7) is 1.42. The Kier molecular flexibility index (Phi) is 6.01. The van der Waals surface area contributed by atoms with Gasteiger partial charge in [0.25, 0.3) is 0 Å². The van der Waals surface area contributed by atoms with Gasteiger partial charge in [0.05, 0.1) is 6.54 Å². The predicted molar refractivity (Wildman–Crippen MR) is 104 cm³/mol. The van der Waals surface area contributed by atoms with E-state index in [1.807, 2.05) is 48.5 Å². The Hall–Kier alpha value is -3.12. The molecule has 0 fully saturated rings. The molecule has 0 atom stereocenters. The van der Waals surface area contributed by atoms with E-state index in [0.29, 0.717) is 12.1 Å². The minimum absolute atomic E-state index is 0.239. The number of para-hydroxylation sites is 1. The molecule has 1 aliphatic rings. The van der Waals surface area contributed by atoms with Gasteiger partial charge in [-0.15, -0.1) is 0 Å². The number of ether oxygens (including phenoxy) is 1. The van der Waals surface area contributed by atoms with Gasteiger partial charge < -0.3 is 14.9 Å². The van der Waals surface area contributed by atoms with Gasteiger partial charge in [-0.25, -0.2) is 4.99 Å². The summed E-state index contributed by atoms with van der Waals surface area (Å²) in [7, 11) is 1.01. The lowest BCUT2D eigenvalue weighted by molar-refractivity contribution is 0.348. The molecule has 0 unspecified atom stereocenters. The number of phenols is 1. The fourth-order valence-corrected chi connectivity index (χ4v) is 2.49. The Balaban J connectivity index is 0.000000158. The summed E-state index contributed by atoms with van der Waals surface area (Å²) in [5.41, 5.74) is 2.69. The second-order valence-corrected chi connectivity index (χ2v) is 5.52. The van der Waals surface area contributed by atoms with E-state index in [0.717, 1.165) is 36.4 Å². The average Bonchev–Trinajstić information content (AvgIpc) is 3.23. The molecule has 2 heterocycles. The van der Waals surface area contributed by atoms with Gasteiger partial charge >= 0.3 is 7.48 Å². The van der Waals surface area contributed by atoms with Crippen molar-refractivity contribution >= 4 is 30.4 Å². The van der Waals surface area contributed by atoms with E-state index < -0.39 is 0 Å². The number of aliphatic imine (C=N–C) groups is 1. The molecule has 5 nitrogen and oxygen atoms in total. The first-order valence-corrected chi connectivity index (χ1v) is 8.22. The molecule has 2 N–H and O–H groups in total. The van der Waals surface area contributed by atoms with Gasteiger partial charge in [-0.2, -0.15) is 0 Å². The fraction of sp³-hybridized carbons (Fsp3) is 0.100. The standard InChI is InChI=1S/C11H11BNO2.C9H7NO/c14-12-6-5-9-1-3-10(4-2-9)11-13-7-8-15-11;11-8-5-1-3-7-4-2-6-10-9(7)8/h1-6,14H,7-8H2;1-6,11H. The molecule has 1 aromatic heterocycles. The molecule has 2 aromatic carbocycles. The van der Waals surface area contributed by atoms with E-state index >= 15 is 0 Å². The van der Waals surface area contributed by atoms with Crippen molar-refractivity contribution < 1.29 is 14.9 Å². The van der Waals surface area contributed by atoms with E-state index in [2.05, 4.69) is 9.98 Å². The molecule has 0 bridgehead atoms. The Morgan fingerprint density at radius 1 is 1.04 bits per heavy atom. The maximum absolute atomic E-state index is 9.31. The highest BCUT2D eigenvalue weighted by molar-refractivity contribution is 6.34. The molecule has 0 saturated carbocycles. The first-order chi connectivity index (χ1) is 12.8. The number of benzene rings is 2. The molecule has 4 rings (SSSR count). The van der Waals surface area contributed by atoms with Crippen molar-refractivity contribution in [3.8, 4) is 5.75 Å². The van der Waals surface area contributed by atoms with Crippen LogP contribution in [-0.2, 0) is 4.74 Å². The van der Waals surface area contributed by atoms with Crippen LogP contribution in [0.15, 0.2) is 71.8 Å². The number of nitrogens with zero attached hydrogens (tertiary/aromatic N) is 2. The minimum atomic E-state index is 0.239. The summed E-state index contributed by atoms with van der Waals surface area (Å²) in [5, 5.41) is 18.8. The van der Waals surface area contributed by atoms with Crippen LogP contribution in [0.4, 0.5) is 0 Å².